The van der Waals surface area contributed by atoms with Crippen molar-refractivity contribution in [3.8, 4) is 17.1 Å². The van der Waals surface area contributed by atoms with E-state index in [1.807, 2.05) is 42.5 Å². The Labute approximate surface area is 179 Å². The van der Waals surface area contributed by atoms with Gasteiger partial charge in [0.25, 0.3) is 0 Å². The van der Waals surface area contributed by atoms with Gasteiger partial charge in [-0.25, -0.2) is 9.32 Å². The lowest BCUT2D eigenvalue weighted by Crippen LogP contribution is -2.42. The molecule has 30 heavy (non-hydrogen) atoms. The molecule has 2 aromatic carbocycles. The number of hydrogen-bond donors (Lipinski definition) is 0. The third kappa shape index (κ3) is 2.09. The van der Waals surface area contributed by atoms with Gasteiger partial charge in [-0.1, -0.05) is 67.5 Å². The average molecular weight is 423 g/mol. The predicted octanol–water partition coefficient (Wildman–Crippen LogP) is 7.14. The average Bonchev–Trinajstić information content (AvgIpc) is 3.09. The van der Waals surface area contributed by atoms with Crippen molar-refractivity contribution in [3.63, 3.8) is 0 Å². The highest BCUT2D eigenvalue weighted by Crippen LogP contribution is 2.64. The summed E-state index contributed by atoms with van der Waals surface area (Å²) >= 11 is 0. The van der Waals surface area contributed by atoms with Crippen LogP contribution in [0.1, 0.15) is 66.5 Å². The number of rotatable bonds is 1. The van der Waals surface area contributed by atoms with E-state index in [2.05, 4.69) is 53.7 Å². The maximum atomic E-state index is 14.2. The molecule has 3 aromatic rings. The van der Waals surface area contributed by atoms with Crippen molar-refractivity contribution in [3.05, 3.63) is 47.5 Å². The first-order valence-electron chi connectivity index (χ1n) is 10.8. The minimum absolute atomic E-state index is 0.000295. The lowest BCUT2D eigenvalue weighted by Gasteiger charge is -2.44. The summed E-state index contributed by atoms with van der Waals surface area (Å²) in [4.78, 5) is 5.02. The van der Waals surface area contributed by atoms with Crippen LogP contribution in [0.2, 0.25) is 0 Å². The molecule has 158 valence electrons. The van der Waals surface area contributed by atoms with Crippen molar-refractivity contribution in [1.29, 1.82) is 0 Å². The first kappa shape index (κ1) is 19.9. The van der Waals surface area contributed by atoms with Gasteiger partial charge in [-0.2, -0.15) is 0 Å². The first-order chi connectivity index (χ1) is 13.8. The van der Waals surface area contributed by atoms with E-state index < -0.39 is 7.52 Å². The molecule has 1 atom stereocenters. The quantitative estimate of drug-likeness (QED) is 0.392. The van der Waals surface area contributed by atoms with Crippen LogP contribution >= 0.6 is 7.52 Å². The van der Waals surface area contributed by atoms with Gasteiger partial charge in [0, 0.05) is 0 Å². The van der Waals surface area contributed by atoms with E-state index in [4.69, 9.17) is 9.51 Å². The number of nitrogens with zero attached hydrogens (tertiary/aromatic N) is 2. The van der Waals surface area contributed by atoms with Gasteiger partial charge in [-0.15, -0.1) is 0 Å². The zero-order valence-electron chi connectivity index (χ0n) is 19.2. The Morgan fingerprint density at radius 1 is 0.967 bits per heavy atom. The minimum Gasteiger partial charge on any atom is -0.428 e. The SMILES string of the molecule is CC(C)P1(=O)Oc2ccccc2-c2nc3cc4c(cc3n21)C(C)(C)C(C)(C)C4(C)C. The molecule has 2 aliphatic rings. The highest BCUT2D eigenvalue weighted by atomic mass is 31.2. The van der Waals surface area contributed by atoms with Gasteiger partial charge in [0.15, 0.2) is 5.82 Å². The van der Waals surface area contributed by atoms with Gasteiger partial charge in [0.2, 0.25) is 0 Å². The lowest BCUT2D eigenvalue weighted by molar-refractivity contribution is 0.125. The molecule has 0 N–H and O–H groups in total. The van der Waals surface area contributed by atoms with Crippen LogP contribution in [0.15, 0.2) is 36.4 Å². The van der Waals surface area contributed by atoms with Crippen molar-refractivity contribution in [2.24, 2.45) is 5.41 Å². The number of para-hydroxylation sites is 1. The third-order valence-corrected chi connectivity index (χ3v) is 11.3. The summed E-state index contributed by atoms with van der Waals surface area (Å²) in [6, 6.07) is 12.3. The van der Waals surface area contributed by atoms with Gasteiger partial charge in [0.05, 0.1) is 22.3 Å². The van der Waals surface area contributed by atoms with Crippen LogP contribution < -0.4 is 4.52 Å². The zero-order valence-corrected chi connectivity index (χ0v) is 20.1. The zero-order chi connectivity index (χ0) is 21.9. The third-order valence-electron chi connectivity index (χ3n) is 8.53. The van der Waals surface area contributed by atoms with Crippen LogP contribution in [0.3, 0.4) is 0 Å². The standard InChI is InChI=1S/C25H31N2O2P/c1-15(2)30(28)27-20-14-18-17(23(3,4)25(7,8)24(18,5)6)13-19(20)26-22(27)16-11-9-10-12-21(16)29-30/h9-15H,1-8H3. The van der Waals surface area contributed by atoms with E-state index >= 15 is 0 Å². The molecule has 0 fully saturated rings. The van der Waals surface area contributed by atoms with Gasteiger partial charge < -0.3 is 4.52 Å². The molecule has 0 amide bonds. The normalized spacial score (nSPS) is 25.0. The van der Waals surface area contributed by atoms with E-state index in [1.165, 1.54) is 11.1 Å². The second-order valence-electron chi connectivity index (χ2n) is 10.8. The molecule has 5 heteroatoms. The summed E-state index contributed by atoms with van der Waals surface area (Å²) in [7, 11) is -3.18. The molecule has 0 radical (unpaired) electrons. The number of fused-ring (bicyclic) bond motifs is 6. The summed E-state index contributed by atoms with van der Waals surface area (Å²) in [6.45, 7) is 18.0. The number of aromatic nitrogens is 2. The van der Waals surface area contributed by atoms with Crippen LogP contribution in [0, 0.1) is 5.41 Å². The van der Waals surface area contributed by atoms with E-state index in [0.29, 0.717) is 5.75 Å². The van der Waals surface area contributed by atoms with Crippen molar-refractivity contribution >= 4 is 18.6 Å². The predicted molar refractivity (Wildman–Crippen MR) is 124 cm³/mol. The van der Waals surface area contributed by atoms with E-state index in [9.17, 15) is 4.57 Å². The minimum atomic E-state index is -3.18. The van der Waals surface area contributed by atoms with Crippen molar-refractivity contribution < 1.29 is 9.09 Å². The molecule has 1 unspecified atom stereocenters. The topological polar surface area (TPSA) is 44.1 Å². The Morgan fingerprint density at radius 2 is 1.57 bits per heavy atom. The molecular weight excluding hydrogens is 391 g/mol. The van der Waals surface area contributed by atoms with Gasteiger partial charge in [-0.05, 0) is 51.6 Å². The highest BCUT2D eigenvalue weighted by molar-refractivity contribution is 7.59. The Hall–Kier alpha value is -2.06. The van der Waals surface area contributed by atoms with Crippen LogP contribution in [0.25, 0.3) is 22.4 Å². The number of hydrogen-bond acceptors (Lipinski definition) is 3. The summed E-state index contributed by atoms with van der Waals surface area (Å²) in [5, 5.41) is 0. The molecule has 1 aliphatic carbocycles. The molecule has 5 rings (SSSR count). The van der Waals surface area contributed by atoms with Crippen molar-refractivity contribution in [2.45, 2.75) is 71.9 Å². The summed E-state index contributed by atoms with van der Waals surface area (Å²) < 4.78 is 22.3. The van der Waals surface area contributed by atoms with E-state index in [1.54, 1.807) is 0 Å². The number of imidazole rings is 1. The second kappa shape index (κ2) is 5.59. The van der Waals surface area contributed by atoms with Gasteiger partial charge >= 0.3 is 7.52 Å². The molecule has 0 bridgehead atoms. The van der Waals surface area contributed by atoms with Crippen LogP contribution in [-0.4, -0.2) is 15.0 Å². The van der Waals surface area contributed by atoms with Gasteiger partial charge in [0.1, 0.15) is 5.75 Å². The Kier molecular flexibility index (Phi) is 3.70. The lowest BCUT2D eigenvalue weighted by atomic mass is 9.59. The molecular formula is C25H31N2O2P. The monoisotopic (exact) mass is 422 g/mol. The summed E-state index contributed by atoms with van der Waals surface area (Å²) in [6.07, 6.45) is 0. The molecule has 1 aromatic heterocycles. The van der Waals surface area contributed by atoms with Crippen LogP contribution in [-0.2, 0) is 15.4 Å². The smallest absolute Gasteiger partial charge is 0.351 e. The fourth-order valence-corrected chi connectivity index (χ4v) is 7.38. The largest absolute Gasteiger partial charge is 0.428 e. The summed E-state index contributed by atoms with van der Waals surface area (Å²) in [5.41, 5.74) is 5.26. The second-order valence-corrected chi connectivity index (χ2v) is 13.5. The molecule has 4 nitrogen and oxygen atoms in total. The maximum Gasteiger partial charge on any atom is 0.351 e. The molecule has 0 saturated carbocycles. The van der Waals surface area contributed by atoms with Gasteiger partial charge in [-0.3, -0.25) is 4.57 Å². The van der Waals surface area contributed by atoms with E-state index in [0.717, 1.165) is 22.4 Å². The summed E-state index contributed by atoms with van der Waals surface area (Å²) in [5.74, 6) is 1.41. The Morgan fingerprint density at radius 3 is 2.20 bits per heavy atom. The molecule has 2 heterocycles. The molecule has 0 saturated heterocycles. The fraction of sp³-hybridized carbons (Fsp3) is 0.480. The first-order valence-corrected chi connectivity index (χ1v) is 12.5. The van der Waals surface area contributed by atoms with Crippen molar-refractivity contribution in [1.82, 2.24) is 9.32 Å². The fourth-order valence-electron chi connectivity index (χ4n) is 5.31. The van der Waals surface area contributed by atoms with Crippen molar-refractivity contribution in [2.75, 3.05) is 0 Å². The van der Waals surface area contributed by atoms with Crippen LogP contribution in [0.5, 0.6) is 5.75 Å². The number of benzene rings is 2. The Bertz CT molecular complexity index is 1260. The highest BCUT2D eigenvalue weighted by Gasteiger charge is 2.57. The van der Waals surface area contributed by atoms with Crippen LogP contribution in [0.4, 0.5) is 0 Å². The van der Waals surface area contributed by atoms with E-state index in [-0.39, 0.29) is 21.9 Å². The Balaban J connectivity index is 1.91. The molecule has 1 aliphatic heterocycles. The maximum absolute atomic E-state index is 14.2. The molecule has 0 spiro atoms.